The fourth-order valence-corrected chi connectivity index (χ4v) is 2.88. The third kappa shape index (κ3) is 14.3. The largest absolute Gasteiger partial charge is 0.464 e. The molecule has 1 unspecified atom stereocenters. The van der Waals surface area contributed by atoms with E-state index < -0.39 is 12.6 Å². The molecule has 0 bridgehead atoms. The molecule has 0 saturated heterocycles. The zero-order valence-corrected chi connectivity index (χ0v) is 13.8. The summed E-state index contributed by atoms with van der Waals surface area (Å²) >= 11 is 1.75. The average Bonchev–Trinajstić information content (AvgIpc) is 2.40. The van der Waals surface area contributed by atoms with E-state index in [1.165, 1.54) is 0 Å². The van der Waals surface area contributed by atoms with Gasteiger partial charge in [-0.05, 0) is 31.4 Å². The number of hydrogen-bond acceptors (Lipinski definition) is 3. The summed E-state index contributed by atoms with van der Waals surface area (Å²) in [5.74, 6) is 0.763. The molecule has 0 fully saturated rings. The highest BCUT2D eigenvalue weighted by atomic mass is 32.2. The van der Waals surface area contributed by atoms with Crippen LogP contribution in [0.2, 0.25) is 0 Å². The summed E-state index contributed by atoms with van der Waals surface area (Å²) in [6.07, 6.45) is 0.0775. The first-order valence-corrected chi connectivity index (χ1v) is 8.77. The van der Waals surface area contributed by atoms with E-state index in [4.69, 9.17) is 4.74 Å². The van der Waals surface area contributed by atoms with Crippen LogP contribution in [0.3, 0.4) is 0 Å². The van der Waals surface area contributed by atoms with Crippen LogP contribution in [0, 0.1) is 0 Å². The van der Waals surface area contributed by atoms with Gasteiger partial charge in [-0.1, -0.05) is 26.7 Å². The van der Waals surface area contributed by atoms with Gasteiger partial charge < -0.3 is 4.74 Å². The summed E-state index contributed by atoms with van der Waals surface area (Å²) in [4.78, 5) is 11.3. The molecule has 0 amide bonds. The van der Waals surface area contributed by atoms with Crippen molar-refractivity contribution in [2.45, 2.75) is 76.6 Å². The van der Waals surface area contributed by atoms with Crippen LogP contribution < -0.4 is 0 Å². The summed E-state index contributed by atoms with van der Waals surface area (Å²) in [6, 6.07) is 0. The Morgan fingerprint density at radius 1 is 1.14 bits per heavy atom. The molecule has 0 heterocycles. The Morgan fingerprint density at radius 2 is 1.81 bits per heavy atom. The standard InChI is InChI=1S/C15H27F3O2S/c1-3-9-14(19)20-12-13(4-2)21-11-8-6-5-7-10-15(16,17)18/h13H,3-12H2,1-2H3. The lowest BCUT2D eigenvalue weighted by Gasteiger charge is -2.14. The highest BCUT2D eigenvalue weighted by Crippen LogP contribution is 2.23. The molecule has 0 rings (SSSR count). The van der Waals surface area contributed by atoms with Gasteiger partial charge in [0.2, 0.25) is 0 Å². The SMILES string of the molecule is CCCC(=O)OCC(CC)SCCCCCCC(F)(F)F. The lowest BCUT2D eigenvalue weighted by molar-refractivity contribution is -0.143. The summed E-state index contributed by atoms with van der Waals surface area (Å²) in [5, 5.41) is 0.293. The van der Waals surface area contributed by atoms with Crippen molar-refractivity contribution in [1.29, 1.82) is 0 Å². The predicted molar refractivity (Wildman–Crippen MR) is 81.5 cm³/mol. The molecule has 0 aromatic rings. The van der Waals surface area contributed by atoms with E-state index in [1.807, 2.05) is 6.92 Å². The minimum atomic E-state index is -4.02. The summed E-state index contributed by atoms with van der Waals surface area (Å²) in [5.41, 5.74) is 0. The van der Waals surface area contributed by atoms with E-state index in [0.717, 1.165) is 31.4 Å². The molecule has 21 heavy (non-hydrogen) atoms. The van der Waals surface area contributed by atoms with Crippen LogP contribution in [0.5, 0.6) is 0 Å². The second kappa shape index (κ2) is 12.2. The predicted octanol–water partition coefficient (Wildman–Crippen LogP) is 5.35. The molecule has 2 nitrogen and oxygen atoms in total. The van der Waals surface area contributed by atoms with Gasteiger partial charge in [-0.15, -0.1) is 0 Å². The molecule has 0 aromatic carbocycles. The number of ether oxygens (including phenoxy) is 1. The van der Waals surface area contributed by atoms with Gasteiger partial charge in [0.1, 0.15) is 6.61 Å². The molecule has 126 valence electrons. The Kier molecular flexibility index (Phi) is 12.0. The van der Waals surface area contributed by atoms with Gasteiger partial charge >= 0.3 is 12.1 Å². The molecule has 1 atom stereocenters. The normalized spacial score (nSPS) is 13.2. The summed E-state index contributed by atoms with van der Waals surface area (Å²) < 4.78 is 41.0. The topological polar surface area (TPSA) is 26.3 Å². The van der Waals surface area contributed by atoms with Crippen LogP contribution in [-0.2, 0) is 9.53 Å². The summed E-state index contributed by atoms with van der Waals surface area (Å²) in [6.45, 7) is 4.43. The minimum absolute atomic E-state index is 0.149. The zero-order valence-electron chi connectivity index (χ0n) is 13.0. The minimum Gasteiger partial charge on any atom is -0.464 e. The molecule has 0 aliphatic rings. The van der Waals surface area contributed by atoms with Gasteiger partial charge in [0.15, 0.2) is 0 Å². The van der Waals surface area contributed by atoms with Crippen LogP contribution in [0.4, 0.5) is 13.2 Å². The maximum atomic E-state index is 11.9. The quantitative estimate of drug-likeness (QED) is 0.356. The molecule has 6 heteroatoms. The molecular weight excluding hydrogens is 301 g/mol. The number of alkyl halides is 3. The molecule has 0 saturated carbocycles. The monoisotopic (exact) mass is 328 g/mol. The number of hydrogen-bond donors (Lipinski definition) is 0. The van der Waals surface area contributed by atoms with Crippen LogP contribution in [-0.4, -0.2) is 29.8 Å². The van der Waals surface area contributed by atoms with E-state index in [2.05, 4.69) is 6.92 Å². The number of thioether (sulfide) groups is 1. The number of unbranched alkanes of at least 4 members (excludes halogenated alkanes) is 3. The Hall–Kier alpha value is -0.390. The molecule has 0 N–H and O–H groups in total. The van der Waals surface area contributed by atoms with Crippen molar-refractivity contribution in [1.82, 2.24) is 0 Å². The maximum Gasteiger partial charge on any atom is 0.389 e. The van der Waals surface area contributed by atoms with Crippen molar-refractivity contribution in [3.8, 4) is 0 Å². The molecule has 0 aliphatic heterocycles. The van der Waals surface area contributed by atoms with E-state index in [-0.39, 0.29) is 12.4 Å². The van der Waals surface area contributed by atoms with Gasteiger partial charge in [-0.25, -0.2) is 0 Å². The molecule has 0 spiro atoms. The fraction of sp³-hybridized carbons (Fsp3) is 0.933. The van der Waals surface area contributed by atoms with Gasteiger partial charge in [0.05, 0.1) is 0 Å². The Morgan fingerprint density at radius 3 is 2.38 bits per heavy atom. The Labute approximate surface area is 130 Å². The van der Waals surface area contributed by atoms with Crippen molar-refractivity contribution in [2.75, 3.05) is 12.4 Å². The van der Waals surface area contributed by atoms with Gasteiger partial charge in [-0.3, -0.25) is 4.79 Å². The van der Waals surface area contributed by atoms with Gasteiger partial charge in [0.25, 0.3) is 0 Å². The second-order valence-electron chi connectivity index (χ2n) is 5.11. The Balaban J connectivity index is 3.53. The van der Waals surface area contributed by atoms with Crippen molar-refractivity contribution >= 4 is 17.7 Å². The zero-order chi connectivity index (χ0) is 16.1. The van der Waals surface area contributed by atoms with Crippen molar-refractivity contribution in [2.24, 2.45) is 0 Å². The van der Waals surface area contributed by atoms with E-state index in [1.54, 1.807) is 11.8 Å². The maximum absolute atomic E-state index is 11.9. The molecule has 0 radical (unpaired) electrons. The highest BCUT2D eigenvalue weighted by Gasteiger charge is 2.25. The lowest BCUT2D eigenvalue weighted by Crippen LogP contribution is -2.15. The summed E-state index contributed by atoms with van der Waals surface area (Å²) in [7, 11) is 0. The first kappa shape index (κ1) is 20.6. The smallest absolute Gasteiger partial charge is 0.389 e. The van der Waals surface area contributed by atoms with E-state index in [0.29, 0.717) is 24.7 Å². The van der Waals surface area contributed by atoms with E-state index >= 15 is 0 Å². The fourth-order valence-electron chi connectivity index (χ4n) is 1.78. The highest BCUT2D eigenvalue weighted by molar-refractivity contribution is 7.99. The molecule has 0 aromatic heterocycles. The second-order valence-corrected chi connectivity index (χ2v) is 6.52. The van der Waals surface area contributed by atoms with Gasteiger partial charge in [-0.2, -0.15) is 24.9 Å². The van der Waals surface area contributed by atoms with Crippen LogP contribution in [0.25, 0.3) is 0 Å². The Bertz CT molecular complexity index is 270. The van der Waals surface area contributed by atoms with Crippen LogP contribution >= 0.6 is 11.8 Å². The molecular formula is C15H27F3O2S. The van der Waals surface area contributed by atoms with Crippen molar-refractivity contribution < 1.29 is 22.7 Å². The number of halogens is 3. The number of carbonyl (C=O) groups excluding carboxylic acids is 1. The average molecular weight is 328 g/mol. The lowest BCUT2D eigenvalue weighted by atomic mass is 10.1. The third-order valence-corrected chi connectivity index (χ3v) is 4.51. The van der Waals surface area contributed by atoms with Crippen LogP contribution in [0.1, 0.15) is 65.2 Å². The van der Waals surface area contributed by atoms with Crippen molar-refractivity contribution in [3.05, 3.63) is 0 Å². The van der Waals surface area contributed by atoms with Gasteiger partial charge in [0, 0.05) is 18.1 Å². The first-order chi connectivity index (χ1) is 9.89. The third-order valence-electron chi connectivity index (χ3n) is 3.05. The number of rotatable bonds is 12. The molecule has 0 aliphatic carbocycles. The van der Waals surface area contributed by atoms with Crippen LogP contribution in [0.15, 0.2) is 0 Å². The number of carbonyl (C=O) groups is 1. The van der Waals surface area contributed by atoms with E-state index in [9.17, 15) is 18.0 Å². The first-order valence-electron chi connectivity index (χ1n) is 7.73. The van der Waals surface area contributed by atoms with Crippen molar-refractivity contribution in [3.63, 3.8) is 0 Å². The number of esters is 1.